The van der Waals surface area contributed by atoms with Crippen LogP contribution < -0.4 is 31.4 Å². The van der Waals surface area contributed by atoms with Gasteiger partial charge in [-0.15, -0.1) is 0 Å². The second-order valence-corrected chi connectivity index (χ2v) is 7.70. The summed E-state index contributed by atoms with van der Waals surface area (Å²) in [6, 6.07) is 13.0. The van der Waals surface area contributed by atoms with Crippen molar-refractivity contribution in [3.05, 3.63) is 54.1 Å². The van der Waals surface area contributed by atoms with Crippen molar-refractivity contribution in [2.75, 3.05) is 60.7 Å². The highest BCUT2D eigenvalue weighted by atomic mass is 35.5. The Kier molecular flexibility index (Phi) is 11.0. The lowest BCUT2D eigenvalue weighted by molar-refractivity contribution is -0.127. The summed E-state index contributed by atoms with van der Waals surface area (Å²) in [4.78, 5) is 16.6. The van der Waals surface area contributed by atoms with E-state index in [9.17, 15) is 9.90 Å². The average molecular weight is 492 g/mol. The topological polar surface area (TPSA) is 80.7 Å². The number of aliphatic hydroxyl groups is 1. The van der Waals surface area contributed by atoms with Crippen LogP contribution in [-0.4, -0.2) is 87.6 Å². The van der Waals surface area contributed by atoms with Gasteiger partial charge in [0.25, 0.3) is 0 Å². The number of hydrogen-bond acceptors (Lipinski definition) is 7. The fourth-order valence-electron chi connectivity index (χ4n) is 3.68. The number of para-hydroxylation sites is 1. The molecule has 1 fully saturated rings. The van der Waals surface area contributed by atoms with Crippen LogP contribution in [0.2, 0.25) is 0 Å². The normalized spacial score (nSPS) is 14.9. The van der Waals surface area contributed by atoms with E-state index in [4.69, 9.17) is 18.9 Å². The van der Waals surface area contributed by atoms with E-state index in [2.05, 4.69) is 4.90 Å². The molecule has 8 nitrogen and oxygen atoms in total. The predicted octanol–water partition coefficient (Wildman–Crippen LogP) is -0.686. The van der Waals surface area contributed by atoms with Crippen LogP contribution in [0.25, 0.3) is 6.08 Å². The number of β-amino-alcohol motifs (C(OH)–C–C–N with tert-alkyl or cyclic N) is 1. The van der Waals surface area contributed by atoms with E-state index in [1.54, 1.807) is 50.5 Å². The van der Waals surface area contributed by atoms with Gasteiger partial charge in [-0.05, 0) is 35.9 Å². The Labute approximate surface area is 207 Å². The number of benzene rings is 2. The van der Waals surface area contributed by atoms with E-state index in [-0.39, 0.29) is 24.9 Å². The molecule has 186 valence electrons. The Morgan fingerprint density at radius 3 is 2.18 bits per heavy atom. The monoisotopic (exact) mass is 491 g/mol. The lowest BCUT2D eigenvalue weighted by Gasteiger charge is -2.35. The number of rotatable bonds is 10. The number of ether oxygens (including phenoxy) is 4. The SMILES string of the molecule is COc1cc(/C=C/C(=O)N2CCN(CC(O)COc3ccccc3)CC2)cc(OC)c1OC.[Cl-]. The molecule has 34 heavy (non-hydrogen) atoms. The molecular formula is C25H32ClN2O6-. The Balaban J connectivity index is 0.00000408. The van der Waals surface area contributed by atoms with Gasteiger partial charge in [-0.25, -0.2) is 0 Å². The second kappa shape index (κ2) is 13.7. The van der Waals surface area contributed by atoms with Gasteiger partial charge in [-0.3, -0.25) is 9.69 Å². The first-order valence-corrected chi connectivity index (χ1v) is 10.9. The maximum Gasteiger partial charge on any atom is 0.246 e. The van der Waals surface area contributed by atoms with Crippen LogP contribution in [0, 0.1) is 0 Å². The molecule has 1 unspecified atom stereocenters. The van der Waals surface area contributed by atoms with Crippen LogP contribution in [0.15, 0.2) is 48.5 Å². The first-order valence-electron chi connectivity index (χ1n) is 10.9. The highest BCUT2D eigenvalue weighted by molar-refractivity contribution is 5.92. The van der Waals surface area contributed by atoms with Crippen molar-refractivity contribution in [1.29, 1.82) is 0 Å². The summed E-state index contributed by atoms with van der Waals surface area (Å²) in [5.74, 6) is 2.26. The van der Waals surface area contributed by atoms with Crippen LogP contribution >= 0.6 is 0 Å². The average Bonchev–Trinajstić information content (AvgIpc) is 2.86. The maximum atomic E-state index is 12.7. The zero-order valence-corrected chi connectivity index (χ0v) is 20.5. The number of piperazine rings is 1. The first kappa shape index (κ1) is 27.3. The zero-order chi connectivity index (χ0) is 23.6. The highest BCUT2D eigenvalue weighted by Gasteiger charge is 2.22. The van der Waals surface area contributed by atoms with Gasteiger partial charge in [0, 0.05) is 38.8 Å². The highest BCUT2D eigenvalue weighted by Crippen LogP contribution is 2.38. The molecule has 1 heterocycles. The number of nitrogens with zero attached hydrogens (tertiary/aromatic N) is 2. The van der Waals surface area contributed by atoms with E-state index in [1.807, 2.05) is 30.3 Å². The summed E-state index contributed by atoms with van der Waals surface area (Å²) < 4.78 is 21.7. The molecule has 0 spiro atoms. The summed E-state index contributed by atoms with van der Waals surface area (Å²) in [5, 5.41) is 10.3. The predicted molar refractivity (Wildman–Crippen MR) is 126 cm³/mol. The van der Waals surface area contributed by atoms with Crippen molar-refractivity contribution < 1.29 is 41.3 Å². The van der Waals surface area contributed by atoms with Crippen LogP contribution in [-0.2, 0) is 4.79 Å². The van der Waals surface area contributed by atoms with E-state index >= 15 is 0 Å². The Morgan fingerprint density at radius 2 is 1.62 bits per heavy atom. The molecule has 2 aromatic carbocycles. The largest absolute Gasteiger partial charge is 1.00 e. The number of methoxy groups -OCH3 is 3. The second-order valence-electron chi connectivity index (χ2n) is 7.70. The number of halogens is 1. The van der Waals surface area contributed by atoms with Crippen molar-refractivity contribution in [3.63, 3.8) is 0 Å². The van der Waals surface area contributed by atoms with Crippen molar-refractivity contribution in [3.8, 4) is 23.0 Å². The number of aliphatic hydroxyl groups excluding tert-OH is 1. The van der Waals surface area contributed by atoms with E-state index < -0.39 is 6.10 Å². The smallest absolute Gasteiger partial charge is 0.246 e. The molecule has 3 rings (SSSR count). The Bertz CT molecular complexity index is 907. The summed E-state index contributed by atoms with van der Waals surface area (Å²) in [5.41, 5.74) is 0.776. The molecule has 0 saturated carbocycles. The van der Waals surface area contributed by atoms with Crippen LogP contribution in [0.4, 0.5) is 0 Å². The number of amides is 1. The molecule has 1 N–H and O–H groups in total. The standard InChI is InChI=1S/C25H32N2O6.ClH/c1-30-22-15-19(16-23(31-2)25(22)32-3)9-10-24(29)27-13-11-26(12-14-27)17-20(28)18-33-21-7-5-4-6-8-21;/h4-10,15-16,20,28H,11-14,17-18H2,1-3H3;1H/p-1/b10-9+;. The minimum absolute atomic E-state index is 0. The molecule has 1 aliphatic rings. The summed E-state index contributed by atoms with van der Waals surface area (Å²) in [6.45, 7) is 3.35. The van der Waals surface area contributed by atoms with Gasteiger partial charge >= 0.3 is 0 Å². The van der Waals surface area contributed by atoms with Gasteiger partial charge in [0.2, 0.25) is 11.7 Å². The molecule has 0 bridgehead atoms. The van der Waals surface area contributed by atoms with E-state index in [0.717, 1.165) is 11.3 Å². The lowest BCUT2D eigenvalue weighted by Crippen LogP contribution is -3.00. The van der Waals surface area contributed by atoms with Gasteiger partial charge in [-0.1, -0.05) is 18.2 Å². The molecule has 1 aliphatic heterocycles. The molecular weight excluding hydrogens is 460 g/mol. The molecule has 1 amide bonds. The number of carbonyl (C=O) groups excluding carboxylic acids is 1. The molecule has 0 aromatic heterocycles. The molecule has 9 heteroatoms. The van der Waals surface area contributed by atoms with Crippen molar-refractivity contribution in [2.45, 2.75) is 6.10 Å². The van der Waals surface area contributed by atoms with Crippen molar-refractivity contribution in [2.24, 2.45) is 0 Å². The Morgan fingerprint density at radius 1 is 1.00 bits per heavy atom. The molecule has 0 radical (unpaired) electrons. The first-order chi connectivity index (χ1) is 16.0. The molecule has 1 saturated heterocycles. The molecule has 2 aromatic rings. The van der Waals surface area contributed by atoms with Crippen molar-refractivity contribution >= 4 is 12.0 Å². The third-order valence-corrected chi connectivity index (χ3v) is 5.44. The van der Waals surface area contributed by atoms with Crippen molar-refractivity contribution in [1.82, 2.24) is 9.80 Å². The number of hydrogen-bond donors (Lipinski definition) is 1. The van der Waals surface area contributed by atoms with Crippen LogP contribution in [0.3, 0.4) is 0 Å². The van der Waals surface area contributed by atoms with E-state index in [0.29, 0.717) is 50.0 Å². The fourth-order valence-corrected chi connectivity index (χ4v) is 3.68. The third-order valence-electron chi connectivity index (χ3n) is 5.44. The number of carbonyl (C=O) groups is 1. The summed E-state index contributed by atoms with van der Waals surface area (Å²) in [6.07, 6.45) is 2.70. The van der Waals surface area contributed by atoms with Gasteiger partial charge < -0.3 is 41.4 Å². The molecule has 0 aliphatic carbocycles. The van der Waals surface area contributed by atoms with Gasteiger partial charge in [-0.2, -0.15) is 0 Å². The third kappa shape index (κ3) is 7.55. The minimum atomic E-state index is -0.590. The van der Waals surface area contributed by atoms with Gasteiger partial charge in [0.1, 0.15) is 18.5 Å². The molecule has 1 atom stereocenters. The fraction of sp³-hybridized carbons (Fsp3) is 0.400. The summed E-state index contributed by atoms with van der Waals surface area (Å²) >= 11 is 0. The zero-order valence-electron chi connectivity index (χ0n) is 19.8. The maximum absolute atomic E-state index is 12.7. The van der Waals surface area contributed by atoms with Gasteiger partial charge in [0.05, 0.1) is 21.3 Å². The summed E-state index contributed by atoms with van der Waals surface area (Å²) in [7, 11) is 4.66. The Hall–Kier alpha value is -2.94. The van der Waals surface area contributed by atoms with Gasteiger partial charge in [0.15, 0.2) is 11.5 Å². The lowest BCUT2D eigenvalue weighted by atomic mass is 10.1. The van der Waals surface area contributed by atoms with Crippen LogP contribution in [0.1, 0.15) is 5.56 Å². The minimum Gasteiger partial charge on any atom is -1.00 e. The van der Waals surface area contributed by atoms with E-state index in [1.165, 1.54) is 0 Å². The quantitative estimate of drug-likeness (QED) is 0.441. The van der Waals surface area contributed by atoms with Crippen LogP contribution in [0.5, 0.6) is 23.0 Å².